The average molecular weight is 412 g/mol. The van der Waals surface area contributed by atoms with Gasteiger partial charge in [-0.1, -0.05) is 31.5 Å². The molecule has 1 saturated carbocycles. The van der Waals surface area contributed by atoms with Crippen molar-refractivity contribution in [3.05, 3.63) is 29.3 Å². The summed E-state index contributed by atoms with van der Waals surface area (Å²) < 4.78 is 8.57. The quantitative estimate of drug-likeness (QED) is 0.711. The third-order valence-corrected chi connectivity index (χ3v) is 7.38. The maximum Gasteiger partial charge on any atom is 0.182 e. The number of likely N-dealkylation sites (N-methyl/N-ethyl adjacent to an activating group) is 1. The lowest BCUT2D eigenvalue weighted by Crippen LogP contribution is -2.42. The van der Waals surface area contributed by atoms with Crippen LogP contribution in [0.15, 0.2) is 18.2 Å². The molecular weight excluding hydrogens is 374 g/mol. The van der Waals surface area contributed by atoms with Gasteiger partial charge in [-0.15, -0.1) is 5.10 Å². The molecular formula is C24H37N5O. The lowest BCUT2D eigenvalue weighted by atomic mass is 9.80. The molecule has 1 aromatic heterocycles. The monoisotopic (exact) mass is 411 g/mol. The summed E-state index contributed by atoms with van der Waals surface area (Å²) >= 11 is 0. The molecule has 2 aliphatic rings. The first kappa shape index (κ1) is 21.4. The summed E-state index contributed by atoms with van der Waals surface area (Å²) in [6.45, 7) is 9.53. The van der Waals surface area contributed by atoms with Crippen LogP contribution in [-0.4, -0.2) is 57.5 Å². The van der Waals surface area contributed by atoms with E-state index >= 15 is 0 Å². The molecule has 4 atom stereocenters. The van der Waals surface area contributed by atoms with E-state index < -0.39 is 0 Å². The summed E-state index contributed by atoms with van der Waals surface area (Å²) in [7, 11) is 2.24. The van der Waals surface area contributed by atoms with Gasteiger partial charge in [0.1, 0.15) is 0 Å². The van der Waals surface area contributed by atoms with E-state index in [1.54, 1.807) is 0 Å². The maximum atomic E-state index is 6.57. The number of nitrogens with zero attached hydrogens (tertiary/aromatic N) is 5. The fraction of sp³-hybridized carbons (Fsp3) is 0.708. The summed E-state index contributed by atoms with van der Waals surface area (Å²) in [5.74, 6) is 2.06. The molecule has 1 aromatic carbocycles. The second kappa shape index (κ2) is 9.56. The molecule has 1 aliphatic heterocycles. The number of tetrazole rings is 1. The Bertz CT molecular complexity index is 835. The smallest absolute Gasteiger partial charge is 0.182 e. The molecule has 0 bridgehead atoms. The molecule has 2 aromatic rings. The van der Waals surface area contributed by atoms with E-state index in [9.17, 15) is 0 Å². The molecule has 164 valence electrons. The Kier molecular flexibility index (Phi) is 6.84. The van der Waals surface area contributed by atoms with Crippen molar-refractivity contribution in [2.24, 2.45) is 11.8 Å². The normalized spacial score (nSPS) is 28.0. The van der Waals surface area contributed by atoms with Crippen LogP contribution >= 0.6 is 0 Å². The molecule has 0 radical (unpaired) electrons. The summed E-state index contributed by atoms with van der Waals surface area (Å²) in [4.78, 5) is 2.48. The minimum atomic E-state index is 0.298. The average Bonchev–Trinajstić information content (AvgIpc) is 3.18. The number of hydrogen-bond donors (Lipinski definition) is 0. The van der Waals surface area contributed by atoms with E-state index in [-0.39, 0.29) is 0 Å². The molecule has 0 N–H and O–H groups in total. The third kappa shape index (κ3) is 4.75. The zero-order valence-electron chi connectivity index (χ0n) is 19.0. The van der Waals surface area contributed by atoms with Crippen LogP contribution in [0, 0.1) is 25.7 Å². The first-order chi connectivity index (χ1) is 14.5. The molecule has 1 saturated heterocycles. The van der Waals surface area contributed by atoms with E-state index in [1.165, 1.54) is 49.8 Å². The molecule has 4 rings (SSSR count). The number of likely N-dealkylation sites (tertiary alicyclic amines) is 1. The van der Waals surface area contributed by atoms with E-state index in [0.29, 0.717) is 18.1 Å². The van der Waals surface area contributed by atoms with Crippen molar-refractivity contribution >= 4 is 0 Å². The van der Waals surface area contributed by atoms with Gasteiger partial charge in [0.2, 0.25) is 0 Å². The van der Waals surface area contributed by atoms with Crippen LogP contribution in [0.25, 0.3) is 11.4 Å². The fourth-order valence-corrected chi connectivity index (χ4v) is 5.21. The first-order valence-corrected chi connectivity index (χ1v) is 11.7. The van der Waals surface area contributed by atoms with Crippen LogP contribution in [0.2, 0.25) is 0 Å². The van der Waals surface area contributed by atoms with E-state index in [2.05, 4.69) is 66.4 Å². The Hall–Kier alpha value is -1.79. The van der Waals surface area contributed by atoms with Gasteiger partial charge in [-0.3, -0.25) is 0 Å². The maximum absolute atomic E-state index is 6.57. The standard InChI is InChI=1S/C24H37N5O/c1-17-11-12-23(30-16-21-9-5-6-13-28(21)4)20(14-17)15-29-24(25-26-27-29)22-10-7-8-18(2)19(22)3/h7-8,10,17,20-21,23H,5-6,9,11-16H2,1-4H3/t17?,20-,21?,23?/m0/s1. The predicted octanol–water partition coefficient (Wildman–Crippen LogP) is 4.26. The highest BCUT2D eigenvalue weighted by Crippen LogP contribution is 2.34. The molecule has 6 heteroatoms. The van der Waals surface area contributed by atoms with Crippen LogP contribution in [-0.2, 0) is 11.3 Å². The molecule has 30 heavy (non-hydrogen) atoms. The Morgan fingerprint density at radius 2 is 2.00 bits per heavy atom. The number of benzene rings is 1. The van der Waals surface area contributed by atoms with Gasteiger partial charge >= 0.3 is 0 Å². The van der Waals surface area contributed by atoms with E-state index in [0.717, 1.165) is 36.9 Å². The van der Waals surface area contributed by atoms with Crippen LogP contribution in [0.4, 0.5) is 0 Å². The third-order valence-electron chi connectivity index (χ3n) is 7.38. The van der Waals surface area contributed by atoms with Crippen molar-refractivity contribution < 1.29 is 4.74 Å². The lowest BCUT2D eigenvalue weighted by Gasteiger charge is -2.38. The molecule has 1 aliphatic carbocycles. The van der Waals surface area contributed by atoms with Gasteiger partial charge in [-0.2, -0.15) is 0 Å². The van der Waals surface area contributed by atoms with Gasteiger partial charge < -0.3 is 9.64 Å². The minimum absolute atomic E-state index is 0.298. The zero-order chi connectivity index (χ0) is 21.1. The Morgan fingerprint density at radius 1 is 1.13 bits per heavy atom. The lowest BCUT2D eigenvalue weighted by molar-refractivity contribution is -0.0525. The van der Waals surface area contributed by atoms with Crippen molar-refractivity contribution in [2.75, 3.05) is 20.2 Å². The van der Waals surface area contributed by atoms with Crippen molar-refractivity contribution in [1.29, 1.82) is 0 Å². The first-order valence-electron chi connectivity index (χ1n) is 11.7. The van der Waals surface area contributed by atoms with Gasteiger partial charge in [-0.25, -0.2) is 4.68 Å². The predicted molar refractivity (Wildman–Crippen MR) is 119 cm³/mol. The van der Waals surface area contributed by atoms with Crippen LogP contribution in [0.5, 0.6) is 0 Å². The molecule has 2 fully saturated rings. The Morgan fingerprint density at radius 3 is 2.83 bits per heavy atom. The number of aromatic nitrogens is 4. The molecule has 2 heterocycles. The minimum Gasteiger partial charge on any atom is -0.376 e. The number of hydrogen-bond acceptors (Lipinski definition) is 5. The van der Waals surface area contributed by atoms with Crippen LogP contribution in [0.3, 0.4) is 0 Å². The van der Waals surface area contributed by atoms with Gasteiger partial charge in [0, 0.05) is 17.5 Å². The number of rotatable bonds is 6. The topological polar surface area (TPSA) is 56.1 Å². The molecule has 0 amide bonds. The highest BCUT2D eigenvalue weighted by Gasteiger charge is 2.32. The molecule has 6 nitrogen and oxygen atoms in total. The summed E-state index contributed by atoms with van der Waals surface area (Å²) in [6, 6.07) is 6.92. The van der Waals surface area contributed by atoms with Crippen LogP contribution in [0.1, 0.15) is 56.6 Å². The van der Waals surface area contributed by atoms with Crippen LogP contribution < -0.4 is 0 Å². The Balaban J connectivity index is 1.48. The van der Waals surface area contributed by atoms with Gasteiger partial charge in [0.05, 0.1) is 19.3 Å². The van der Waals surface area contributed by atoms with E-state index in [4.69, 9.17) is 4.74 Å². The Labute approximate surface area is 181 Å². The highest BCUT2D eigenvalue weighted by atomic mass is 16.5. The number of piperidine rings is 1. The number of ether oxygens (including phenoxy) is 1. The van der Waals surface area contributed by atoms with Gasteiger partial charge in [0.15, 0.2) is 5.82 Å². The zero-order valence-corrected chi connectivity index (χ0v) is 19.0. The van der Waals surface area contributed by atoms with Crippen molar-refractivity contribution in [2.45, 2.75) is 78.0 Å². The summed E-state index contributed by atoms with van der Waals surface area (Å²) in [6.07, 6.45) is 7.77. The second-order valence-corrected chi connectivity index (χ2v) is 9.61. The number of aryl methyl sites for hydroxylation is 1. The highest BCUT2D eigenvalue weighted by molar-refractivity contribution is 5.61. The summed E-state index contributed by atoms with van der Waals surface area (Å²) in [5, 5.41) is 12.8. The summed E-state index contributed by atoms with van der Waals surface area (Å²) in [5.41, 5.74) is 3.65. The van der Waals surface area contributed by atoms with Gasteiger partial charge in [0.25, 0.3) is 0 Å². The van der Waals surface area contributed by atoms with Gasteiger partial charge in [-0.05, 0) is 87.0 Å². The molecule has 3 unspecified atom stereocenters. The molecule has 0 spiro atoms. The SMILES string of the molecule is Cc1cccc(-c2nnnn2C[C@@H]2CC(C)CCC2OCC2CCCCN2C)c1C. The van der Waals surface area contributed by atoms with Crippen molar-refractivity contribution in [3.63, 3.8) is 0 Å². The van der Waals surface area contributed by atoms with Crippen molar-refractivity contribution in [3.8, 4) is 11.4 Å². The second-order valence-electron chi connectivity index (χ2n) is 9.61. The van der Waals surface area contributed by atoms with Crippen molar-refractivity contribution in [1.82, 2.24) is 25.1 Å². The van der Waals surface area contributed by atoms with E-state index in [1.807, 2.05) is 4.68 Å². The fourth-order valence-electron chi connectivity index (χ4n) is 5.21. The largest absolute Gasteiger partial charge is 0.376 e.